The molecule has 2 aliphatic heterocycles. The van der Waals surface area contributed by atoms with Crippen molar-refractivity contribution in [3.8, 4) is 5.75 Å². The lowest BCUT2D eigenvalue weighted by molar-refractivity contribution is 0.199. The van der Waals surface area contributed by atoms with Crippen molar-refractivity contribution in [3.63, 3.8) is 0 Å². The van der Waals surface area contributed by atoms with Crippen LogP contribution < -0.4 is 15.8 Å². The van der Waals surface area contributed by atoms with Crippen LogP contribution >= 0.6 is 35.6 Å². The van der Waals surface area contributed by atoms with Gasteiger partial charge in [0.25, 0.3) is 0 Å². The van der Waals surface area contributed by atoms with Gasteiger partial charge in [-0.2, -0.15) is 0 Å². The first kappa shape index (κ1) is 22.2. The lowest BCUT2D eigenvalue weighted by Gasteiger charge is -2.32. The molecule has 7 heteroatoms. The standard InChI is InChI=1S/C22H27ClN4O.HI/c23-19-12-17-8-11-28-21(17)18(13-19)14-25-22(24)26-20-6-9-27(10-7-20)15-16-4-2-1-3-5-16;/h1-5,12-13,20H,6-11,14-15H2,(H3,24,25,26);1H. The molecule has 0 saturated carbocycles. The smallest absolute Gasteiger partial charge is 0.189 e. The summed E-state index contributed by atoms with van der Waals surface area (Å²) in [5.41, 5.74) is 9.68. The van der Waals surface area contributed by atoms with Crippen LogP contribution in [-0.4, -0.2) is 36.6 Å². The minimum atomic E-state index is 0. The highest BCUT2D eigenvalue weighted by Crippen LogP contribution is 2.33. The third kappa shape index (κ3) is 5.99. The van der Waals surface area contributed by atoms with Crippen LogP contribution in [0, 0.1) is 0 Å². The summed E-state index contributed by atoms with van der Waals surface area (Å²) < 4.78 is 5.73. The molecule has 1 fully saturated rings. The zero-order valence-electron chi connectivity index (χ0n) is 16.4. The van der Waals surface area contributed by atoms with E-state index >= 15 is 0 Å². The van der Waals surface area contributed by atoms with Crippen molar-refractivity contribution in [1.82, 2.24) is 10.2 Å². The molecule has 3 N–H and O–H groups in total. The number of guanidine groups is 1. The average molecular weight is 527 g/mol. The Hall–Kier alpha value is -1.51. The number of nitrogens with two attached hydrogens (primary N) is 1. The van der Waals surface area contributed by atoms with Gasteiger partial charge in [-0.25, -0.2) is 4.99 Å². The van der Waals surface area contributed by atoms with E-state index in [9.17, 15) is 0 Å². The van der Waals surface area contributed by atoms with Gasteiger partial charge in [0, 0.05) is 42.7 Å². The molecule has 0 aliphatic carbocycles. The number of benzene rings is 2. The molecule has 0 bridgehead atoms. The van der Waals surface area contributed by atoms with Crippen LogP contribution in [0.3, 0.4) is 0 Å². The van der Waals surface area contributed by atoms with Gasteiger partial charge in [-0.3, -0.25) is 4.90 Å². The predicted molar refractivity (Wildman–Crippen MR) is 129 cm³/mol. The summed E-state index contributed by atoms with van der Waals surface area (Å²) >= 11 is 6.22. The second-order valence-corrected chi connectivity index (χ2v) is 7.97. The first-order valence-electron chi connectivity index (χ1n) is 9.94. The maximum absolute atomic E-state index is 6.22. The van der Waals surface area contributed by atoms with E-state index < -0.39 is 0 Å². The Kier molecular flexibility index (Phi) is 8.03. The van der Waals surface area contributed by atoms with Gasteiger partial charge in [0.15, 0.2) is 5.96 Å². The van der Waals surface area contributed by atoms with Gasteiger partial charge in [-0.05, 0) is 36.1 Å². The van der Waals surface area contributed by atoms with Gasteiger partial charge < -0.3 is 15.8 Å². The molecule has 0 atom stereocenters. The number of ether oxygens (including phenoxy) is 1. The van der Waals surface area contributed by atoms with E-state index in [4.69, 9.17) is 22.1 Å². The Morgan fingerprint density at radius 3 is 2.72 bits per heavy atom. The van der Waals surface area contributed by atoms with Gasteiger partial charge in [0.2, 0.25) is 0 Å². The molecule has 0 aromatic heterocycles. The topological polar surface area (TPSA) is 62.9 Å². The monoisotopic (exact) mass is 526 g/mol. The SMILES string of the molecule is I.NC(=NCc1cc(Cl)cc2c1OCC2)NC1CCN(Cc2ccccc2)CC1. The van der Waals surface area contributed by atoms with Crippen LogP contribution in [-0.2, 0) is 19.5 Å². The van der Waals surface area contributed by atoms with Crippen molar-refractivity contribution in [1.29, 1.82) is 0 Å². The predicted octanol–water partition coefficient (Wildman–Crippen LogP) is 3.96. The highest BCUT2D eigenvalue weighted by atomic mass is 127. The molecule has 1 saturated heterocycles. The molecule has 2 aliphatic rings. The van der Waals surface area contributed by atoms with Gasteiger partial charge in [-0.15, -0.1) is 24.0 Å². The Bertz CT molecular complexity index is 838. The molecule has 0 amide bonds. The third-order valence-corrected chi connectivity index (χ3v) is 5.65. The summed E-state index contributed by atoms with van der Waals surface area (Å²) in [7, 11) is 0. The first-order chi connectivity index (χ1) is 13.7. The molecule has 2 heterocycles. The molecule has 0 unspecified atom stereocenters. The number of fused-ring (bicyclic) bond motifs is 1. The molecule has 0 spiro atoms. The highest BCUT2D eigenvalue weighted by molar-refractivity contribution is 14.0. The number of piperidine rings is 1. The first-order valence-corrected chi connectivity index (χ1v) is 10.3. The number of hydrogen-bond donors (Lipinski definition) is 2. The molecule has 5 nitrogen and oxygen atoms in total. The number of aliphatic imine (C=N–C) groups is 1. The van der Waals surface area contributed by atoms with Crippen LogP contribution in [0.2, 0.25) is 5.02 Å². The van der Waals surface area contributed by atoms with Crippen LogP contribution in [0.15, 0.2) is 47.5 Å². The lowest BCUT2D eigenvalue weighted by Crippen LogP contribution is -2.46. The van der Waals surface area contributed by atoms with E-state index in [1.807, 2.05) is 12.1 Å². The zero-order valence-corrected chi connectivity index (χ0v) is 19.5. The molecular formula is C22H28ClIN4O. The Balaban J connectivity index is 0.00000240. The molecule has 0 radical (unpaired) electrons. The van der Waals surface area contributed by atoms with E-state index in [1.165, 1.54) is 5.56 Å². The minimum Gasteiger partial charge on any atom is -0.493 e. The second-order valence-electron chi connectivity index (χ2n) is 7.53. The zero-order chi connectivity index (χ0) is 19.3. The molecule has 4 rings (SSSR count). The van der Waals surface area contributed by atoms with Crippen molar-refractivity contribution >= 4 is 41.5 Å². The van der Waals surface area contributed by atoms with Crippen LogP contribution in [0.1, 0.15) is 29.5 Å². The number of nitrogens with one attached hydrogen (secondary N) is 1. The Morgan fingerprint density at radius 2 is 1.97 bits per heavy atom. The number of rotatable bonds is 5. The number of halogens is 2. The van der Waals surface area contributed by atoms with E-state index in [2.05, 4.69) is 45.5 Å². The fourth-order valence-electron chi connectivity index (χ4n) is 3.97. The molecule has 156 valence electrons. The minimum absolute atomic E-state index is 0. The number of nitrogens with zero attached hydrogens (tertiary/aromatic N) is 2. The van der Waals surface area contributed by atoms with E-state index in [-0.39, 0.29) is 24.0 Å². The highest BCUT2D eigenvalue weighted by Gasteiger charge is 2.20. The fourth-order valence-corrected chi connectivity index (χ4v) is 4.23. The van der Waals surface area contributed by atoms with Crippen LogP contribution in [0.25, 0.3) is 0 Å². The fraction of sp³-hybridized carbons (Fsp3) is 0.409. The summed E-state index contributed by atoms with van der Waals surface area (Å²) in [5, 5.41) is 4.11. The maximum Gasteiger partial charge on any atom is 0.189 e. The van der Waals surface area contributed by atoms with Crippen molar-refractivity contribution in [2.45, 2.75) is 38.4 Å². The van der Waals surface area contributed by atoms with E-state index in [1.54, 1.807) is 0 Å². The Morgan fingerprint density at radius 1 is 1.21 bits per heavy atom. The normalized spacial score (nSPS) is 17.3. The molecule has 2 aromatic carbocycles. The summed E-state index contributed by atoms with van der Waals surface area (Å²) in [6.07, 6.45) is 3.04. The van der Waals surface area contributed by atoms with Crippen LogP contribution in [0.4, 0.5) is 0 Å². The van der Waals surface area contributed by atoms with Crippen LogP contribution in [0.5, 0.6) is 5.75 Å². The average Bonchev–Trinajstić information content (AvgIpc) is 3.17. The summed E-state index contributed by atoms with van der Waals surface area (Å²) in [5.74, 6) is 1.42. The molecule has 2 aromatic rings. The van der Waals surface area contributed by atoms with Crippen molar-refractivity contribution < 1.29 is 4.74 Å². The Labute approximate surface area is 194 Å². The number of hydrogen-bond acceptors (Lipinski definition) is 3. The molecule has 29 heavy (non-hydrogen) atoms. The third-order valence-electron chi connectivity index (χ3n) is 5.43. The summed E-state index contributed by atoms with van der Waals surface area (Å²) in [6, 6.07) is 14.9. The van der Waals surface area contributed by atoms with Gasteiger partial charge in [-0.1, -0.05) is 41.9 Å². The maximum atomic E-state index is 6.22. The lowest BCUT2D eigenvalue weighted by atomic mass is 10.0. The van der Waals surface area contributed by atoms with Gasteiger partial charge in [0.05, 0.1) is 13.2 Å². The number of likely N-dealkylation sites (tertiary alicyclic amines) is 1. The largest absolute Gasteiger partial charge is 0.493 e. The molecular weight excluding hydrogens is 499 g/mol. The van der Waals surface area contributed by atoms with Crippen molar-refractivity contribution in [2.24, 2.45) is 10.7 Å². The summed E-state index contributed by atoms with van der Waals surface area (Å²) in [6.45, 7) is 4.33. The van der Waals surface area contributed by atoms with E-state index in [0.29, 0.717) is 25.2 Å². The van der Waals surface area contributed by atoms with Gasteiger partial charge >= 0.3 is 0 Å². The quantitative estimate of drug-likeness (QED) is 0.352. The summed E-state index contributed by atoms with van der Waals surface area (Å²) in [4.78, 5) is 7.02. The van der Waals surface area contributed by atoms with Crippen molar-refractivity contribution in [2.75, 3.05) is 19.7 Å². The second kappa shape index (κ2) is 10.5. The van der Waals surface area contributed by atoms with E-state index in [0.717, 1.165) is 60.8 Å². The van der Waals surface area contributed by atoms with Crippen molar-refractivity contribution in [3.05, 3.63) is 64.2 Å². The van der Waals surface area contributed by atoms with Gasteiger partial charge in [0.1, 0.15) is 5.75 Å².